The monoisotopic (exact) mass is 399 g/mol. The molecule has 0 spiro atoms. The number of benzene rings is 1. The summed E-state index contributed by atoms with van der Waals surface area (Å²) in [6, 6.07) is 3.01. The largest absolute Gasteiger partial charge is 0.365 e. The zero-order valence-corrected chi connectivity index (χ0v) is 17.1. The molecule has 0 unspecified atom stereocenters. The molecule has 1 aliphatic heterocycles. The van der Waals surface area contributed by atoms with E-state index in [-0.39, 0.29) is 23.8 Å². The summed E-state index contributed by atoms with van der Waals surface area (Å²) in [5.74, 6) is -0.278. The lowest BCUT2D eigenvalue weighted by Gasteiger charge is -2.51. The van der Waals surface area contributed by atoms with Crippen LogP contribution in [0.4, 0.5) is 10.1 Å². The Morgan fingerprint density at radius 1 is 1.35 bits per heavy atom. The van der Waals surface area contributed by atoms with Gasteiger partial charge in [0.15, 0.2) is 0 Å². The summed E-state index contributed by atoms with van der Waals surface area (Å²) in [6.07, 6.45) is 2.86. The Labute approximate surface area is 158 Å². The highest BCUT2D eigenvalue weighted by Gasteiger charge is 2.42. The van der Waals surface area contributed by atoms with E-state index in [1.54, 1.807) is 19.3 Å². The quantitative estimate of drug-likeness (QED) is 0.737. The van der Waals surface area contributed by atoms with Crippen molar-refractivity contribution in [2.24, 2.45) is 0 Å². The molecule has 1 aromatic heterocycles. The van der Waals surface area contributed by atoms with Gasteiger partial charge in [0.1, 0.15) is 11.0 Å². The van der Waals surface area contributed by atoms with Gasteiger partial charge in [0, 0.05) is 36.9 Å². The molecule has 0 bridgehead atoms. The van der Waals surface area contributed by atoms with E-state index in [9.17, 15) is 12.8 Å². The van der Waals surface area contributed by atoms with Crippen LogP contribution in [0.15, 0.2) is 18.3 Å². The summed E-state index contributed by atoms with van der Waals surface area (Å²) >= 11 is 6.05. The highest BCUT2D eigenvalue weighted by Crippen LogP contribution is 2.40. The van der Waals surface area contributed by atoms with Gasteiger partial charge in [-0.1, -0.05) is 25.4 Å². The number of likely N-dealkylation sites (N-methyl/N-ethyl adjacent to an activating group) is 1. The van der Waals surface area contributed by atoms with Crippen molar-refractivity contribution >= 4 is 38.1 Å². The van der Waals surface area contributed by atoms with Gasteiger partial charge in [0.05, 0.1) is 12.3 Å². The van der Waals surface area contributed by atoms with Gasteiger partial charge in [-0.2, -0.15) is 4.31 Å². The van der Waals surface area contributed by atoms with Crippen molar-refractivity contribution in [3.05, 3.63) is 34.9 Å². The molecule has 142 valence electrons. The van der Waals surface area contributed by atoms with Gasteiger partial charge in [0.25, 0.3) is 0 Å². The number of hydrogen-bond donors (Lipinski definition) is 0. The van der Waals surface area contributed by atoms with Crippen LogP contribution in [0.25, 0.3) is 10.8 Å². The maximum atomic E-state index is 14.9. The van der Waals surface area contributed by atoms with Crippen molar-refractivity contribution in [3.63, 3.8) is 0 Å². The van der Waals surface area contributed by atoms with Crippen LogP contribution in [0, 0.1) is 5.82 Å². The number of fused-ring (bicyclic) bond motifs is 1. The summed E-state index contributed by atoms with van der Waals surface area (Å²) in [7, 11) is -1.69. The molecule has 26 heavy (non-hydrogen) atoms. The minimum atomic E-state index is -3.27. The lowest BCUT2D eigenvalue weighted by molar-refractivity contribution is 0.251. The summed E-state index contributed by atoms with van der Waals surface area (Å²) in [6.45, 7) is 6.33. The fourth-order valence-corrected chi connectivity index (χ4v) is 4.55. The zero-order chi connectivity index (χ0) is 19.4. The fourth-order valence-electron chi connectivity index (χ4n) is 3.66. The van der Waals surface area contributed by atoms with E-state index >= 15 is 0 Å². The SMILES string of the molecule is CC(C)c1c(F)cc(N2C[C@H](N(C)S(C)(=O)=O)[C@H]2C)c2cnc(Cl)cc12. The average molecular weight is 400 g/mol. The Hall–Kier alpha value is -1.44. The van der Waals surface area contributed by atoms with Crippen LogP contribution in [-0.2, 0) is 10.0 Å². The van der Waals surface area contributed by atoms with Crippen LogP contribution in [0.1, 0.15) is 32.3 Å². The van der Waals surface area contributed by atoms with E-state index in [4.69, 9.17) is 11.6 Å². The number of hydrogen-bond acceptors (Lipinski definition) is 4. The summed E-state index contributed by atoms with van der Waals surface area (Å²) in [5, 5.41) is 1.90. The van der Waals surface area contributed by atoms with Crippen molar-refractivity contribution in [1.29, 1.82) is 0 Å². The van der Waals surface area contributed by atoms with Gasteiger partial charge in [-0.25, -0.2) is 17.8 Å². The van der Waals surface area contributed by atoms with Crippen LogP contribution < -0.4 is 4.90 Å². The molecule has 1 fully saturated rings. The predicted octanol–water partition coefficient (Wildman–Crippen LogP) is 3.62. The molecule has 0 radical (unpaired) electrons. The van der Waals surface area contributed by atoms with Crippen LogP contribution >= 0.6 is 11.6 Å². The summed E-state index contributed by atoms with van der Waals surface area (Å²) < 4.78 is 39.8. The maximum absolute atomic E-state index is 14.9. The molecule has 3 rings (SSSR count). The normalized spacial score (nSPS) is 20.9. The standard InChI is InChI=1S/C18H23ClFN3O2S/c1-10(2)18-12-6-17(19)21-8-13(12)15(7-14(18)20)23-9-16(11(23)3)22(4)26(5,24)25/h6-8,10-11,16H,9H2,1-5H3/t11-,16+/m1/s1. The van der Waals surface area contributed by atoms with Crippen LogP contribution in [0.5, 0.6) is 0 Å². The van der Waals surface area contributed by atoms with Crippen molar-refractivity contribution in [2.75, 3.05) is 24.7 Å². The first-order valence-electron chi connectivity index (χ1n) is 8.49. The third kappa shape index (κ3) is 3.17. The number of nitrogens with zero attached hydrogens (tertiary/aromatic N) is 3. The second-order valence-corrected chi connectivity index (χ2v) is 9.67. The van der Waals surface area contributed by atoms with E-state index in [2.05, 4.69) is 4.98 Å². The Bertz CT molecular complexity index is 965. The Balaban J connectivity index is 2.07. The van der Waals surface area contributed by atoms with E-state index in [1.165, 1.54) is 16.6 Å². The molecular formula is C18H23ClFN3O2S. The first-order valence-corrected chi connectivity index (χ1v) is 10.7. The molecule has 2 aromatic rings. The maximum Gasteiger partial charge on any atom is 0.211 e. The number of pyridine rings is 1. The van der Waals surface area contributed by atoms with E-state index in [0.717, 1.165) is 16.5 Å². The first kappa shape index (κ1) is 19.3. The molecule has 1 aromatic carbocycles. The van der Waals surface area contributed by atoms with Crippen LogP contribution in [0.2, 0.25) is 5.15 Å². The van der Waals surface area contributed by atoms with Gasteiger partial charge in [-0.3, -0.25) is 0 Å². The molecule has 5 nitrogen and oxygen atoms in total. The number of rotatable bonds is 4. The second kappa shape index (κ2) is 6.62. The molecule has 2 heterocycles. The molecule has 0 aliphatic carbocycles. The Kier molecular flexibility index (Phi) is 4.92. The Morgan fingerprint density at radius 2 is 2.00 bits per heavy atom. The van der Waals surface area contributed by atoms with Gasteiger partial charge in [-0.05, 0) is 35.9 Å². The minimum Gasteiger partial charge on any atom is -0.365 e. The molecule has 8 heteroatoms. The highest BCUT2D eigenvalue weighted by molar-refractivity contribution is 7.88. The molecular weight excluding hydrogens is 377 g/mol. The van der Waals surface area contributed by atoms with E-state index in [0.29, 0.717) is 17.3 Å². The number of halogens is 2. The minimum absolute atomic E-state index is 0.00273. The third-order valence-corrected chi connectivity index (χ3v) is 6.79. The average Bonchev–Trinajstić information content (AvgIpc) is 2.51. The van der Waals surface area contributed by atoms with Gasteiger partial charge in [-0.15, -0.1) is 0 Å². The van der Waals surface area contributed by atoms with Crippen LogP contribution in [-0.4, -0.2) is 49.6 Å². The number of anilines is 1. The van der Waals surface area contributed by atoms with Crippen LogP contribution in [0.3, 0.4) is 0 Å². The molecule has 1 saturated heterocycles. The molecule has 0 N–H and O–H groups in total. The lowest BCUT2D eigenvalue weighted by atomic mass is 9.91. The van der Waals surface area contributed by atoms with Crippen molar-refractivity contribution in [3.8, 4) is 0 Å². The van der Waals surface area contributed by atoms with E-state index < -0.39 is 10.0 Å². The summed E-state index contributed by atoms with van der Waals surface area (Å²) in [4.78, 5) is 6.18. The van der Waals surface area contributed by atoms with Gasteiger partial charge < -0.3 is 4.90 Å². The van der Waals surface area contributed by atoms with Gasteiger partial charge >= 0.3 is 0 Å². The topological polar surface area (TPSA) is 53.5 Å². The van der Waals surface area contributed by atoms with Crippen molar-refractivity contribution in [1.82, 2.24) is 9.29 Å². The number of sulfonamides is 1. The highest BCUT2D eigenvalue weighted by atomic mass is 35.5. The molecule has 2 atom stereocenters. The lowest BCUT2D eigenvalue weighted by Crippen LogP contribution is -2.65. The number of aromatic nitrogens is 1. The molecule has 0 saturated carbocycles. The van der Waals surface area contributed by atoms with Crippen molar-refractivity contribution in [2.45, 2.75) is 38.8 Å². The van der Waals surface area contributed by atoms with Crippen molar-refractivity contribution < 1.29 is 12.8 Å². The first-order chi connectivity index (χ1) is 12.0. The third-order valence-electron chi connectivity index (χ3n) is 5.27. The fraction of sp³-hybridized carbons (Fsp3) is 0.500. The van der Waals surface area contributed by atoms with E-state index in [1.807, 2.05) is 25.7 Å². The van der Waals surface area contributed by atoms with Gasteiger partial charge in [0.2, 0.25) is 10.0 Å². The Morgan fingerprint density at radius 3 is 2.54 bits per heavy atom. The molecule has 1 aliphatic rings. The molecule has 0 amide bonds. The second-order valence-electron chi connectivity index (χ2n) is 7.24. The summed E-state index contributed by atoms with van der Waals surface area (Å²) in [5.41, 5.74) is 1.34. The smallest absolute Gasteiger partial charge is 0.211 e. The zero-order valence-electron chi connectivity index (χ0n) is 15.5. The predicted molar refractivity (Wildman–Crippen MR) is 104 cm³/mol.